The Kier molecular flexibility index (Phi) is 4.46. The van der Waals surface area contributed by atoms with Crippen LogP contribution in [-0.2, 0) is 11.3 Å². The molecule has 1 aliphatic carbocycles. The average Bonchev–Trinajstić information content (AvgIpc) is 3.18. The van der Waals surface area contributed by atoms with Crippen LogP contribution in [0.2, 0.25) is 0 Å². The lowest BCUT2D eigenvalue weighted by molar-refractivity contribution is -0.137. The number of aromatic nitrogens is 3. The van der Waals surface area contributed by atoms with Gasteiger partial charge in [-0.3, -0.25) is 4.79 Å². The van der Waals surface area contributed by atoms with E-state index in [9.17, 15) is 4.79 Å². The molecule has 1 saturated heterocycles. The average molecular weight is 341 g/mol. The monoisotopic (exact) mass is 341 g/mol. The van der Waals surface area contributed by atoms with Crippen molar-refractivity contribution in [2.75, 3.05) is 13.1 Å². The second kappa shape index (κ2) is 6.75. The number of para-hydroxylation sites is 1. The first-order valence-corrected chi connectivity index (χ1v) is 9.54. The van der Waals surface area contributed by atoms with Crippen LogP contribution in [0, 0.1) is 0 Å². The summed E-state index contributed by atoms with van der Waals surface area (Å²) in [6, 6.07) is 8.24. The summed E-state index contributed by atoms with van der Waals surface area (Å²) >= 11 is 0. The van der Waals surface area contributed by atoms with E-state index in [1.165, 1.54) is 19.3 Å². The lowest BCUT2D eigenvalue weighted by atomic mass is 9.79. The largest absolute Gasteiger partial charge is 0.334 e. The van der Waals surface area contributed by atoms with Crippen molar-refractivity contribution < 1.29 is 4.79 Å². The molecule has 2 aromatic rings. The summed E-state index contributed by atoms with van der Waals surface area (Å²) in [6.45, 7) is 4.19. The Morgan fingerprint density at radius 2 is 2.08 bits per heavy atom. The molecule has 1 aromatic carbocycles. The van der Waals surface area contributed by atoms with Crippen molar-refractivity contribution >= 4 is 16.9 Å². The Labute approximate surface area is 148 Å². The lowest BCUT2D eigenvalue weighted by Crippen LogP contribution is -2.49. The molecule has 1 aliphatic heterocycles. The molecule has 2 fully saturated rings. The maximum atomic E-state index is 13.2. The number of nitrogens with one attached hydrogen (secondary N) is 1. The third-order valence-corrected chi connectivity index (χ3v) is 5.89. The number of likely N-dealkylation sites (N-methyl/N-ethyl adjacent to an activating group) is 1. The van der Waals surface area contributed by atoms with Gasteiger partial charge in [0.2, 0.25) is 5.91 Å². The Morgan fingerprint density at radius 3 is 2.88 bits per heavy atom. The van der Waals surface area contributed by atoms with Gasteiger partial charge in [0.05, 0.1) is 5.52 Å². The van der Waals surface area contributed by atoms with E-state index in [0.717, 1.165) is 43.4 Å². The molecule has 1 N–H and O–H groups in total. The SMILES string of the molecule is CCN[C@H]1CN(C(=O)Cn2nnc3ccccc32)C2(CCCCC2)C1. The normalized spacial score (nSPS) is 22.8. The molecular formula is C19H27N5O. The molecule has 134 valence electrons. The number of hydrogen-bond donors (Lipinski definition) is 1. The minimum Gasteiger partial charge on any atom is -0.334 e. The third-order valence-electron chi connectivity index (χ3n) is 5.89. The van der Waals surface area contributed by atoms with Crippen LogP contribution in [0.4, 0.5) is 0 Å². The van der Waals surface area contributed by atoms with E-state index in [1.54, 1.807) is 4.68 Å². The topological polar surface area (TPSA) is 63.1 Å². The predicted octanol–water partition coefficient (Wildman–Crippen LogP) is 2.34. The Balaban J connectivity index is 1.56. The van der Waals surface area contributed by atoms with Gasteiger partial charge in [0, 0.05) is 18.1 Å². The van der Waals surface area contributed by atoms with Gasteiger partial charge in [-0.15, -0.1) is 5.10 Å². The number of likely N-dealkylation sites (tertiary alicyclic amines) is 1. The Bertz CT molecular complexity index is 749. The Hall–Kier alpha value is -1.95. The van der Waals surface area contributed by atoms with Gasteiger partial charge in [-0.25, -0.2) is 4.68 Å². The molecule has 1 saturated carbocycles. The van der Waals surface area contributed by atoms with Crippen LogP contribution < -0.4 is 5.32 Å². The summed E-state index contributed by atoms with van der Waals surface area (Å²) in [5.41, 5.74) is 1.82. The van der Waals surface area contributed by atoms with Crippen LogP contribution in [0.1, 0.15) is 45.4 Å². The summed E-state index contributed by atoms with van der Waals surface area (Å²) in [5.74, 6) is 0.179. The van der Waals surface area contributed by atoms with Gasteiger partial charge in [-0.05, 0) is 37.9 Å². The summed E-state index contributed by atoms with van der Waals surface area (Å²) in [7, 11) is 0. The number of benzene rings is 1. The van der Waals surface area contributed by atoms with E-state index in [2.05, 4.69) is 27.5 Å². The van der Waals surface area contributed by atoms with E-state index >= 15 is 0 Å². The fraction of sp³-hybridized carbons (Fsp3) is 0.632. The molecule has 0 unspecified atom stereocenters. The quantitative estimate of drug-likeness (QED) is 0.927. The molecule has 6 nitrogen and oxygen atoms in total. The maximum Gasteiger partial charge on any atom is 0.244 e. The molecule has 1 atom stereocenters. The highest BCUT2D eigenvalue weighted by atomic mass is 16.2. The van der Waals surface area contributed by atoms with Crippen LogP contribution in [0.5, 0.6) is 0 Å². The summed E-state index contributed by atoms with van der Waals surface area (Å²) in [6.07, 6.45) is 7.12. The molecule has 25 heavy (non-hydrogen) atoms. The number of carbonyl (C=O) groups excluding carboxylic acids is 1. The first kappa shape index (κ1) is 16.5. The van der Waals surface area contributed by atoms with Crippen LogP contribution in [0.25, 0.3) is 11.0 Å². The zero-order valence-electron chi connectivity index (χ0n) is 14.9. The molecule has 2 aliphatic rings. The van der Waals surface area contributed by atoms with Crippen LogP contribution >= 0.6 is 0 Å². The predicted molar refractivity (Wildman–Crippen MR) is 97.1 cm³/mol. The number of hydrogen-bond acceptors (Lipinski definition) is 4. The number of rotatable bonds is 4. The number of nitrogens with zero attached hydrogens (tertiary/aromatic N) is 4. The maximum absolute atomic E-state index is 13.2. The van der Waals surface area contributed by atoms with E-state index in [0.29, 0.717) is 6.04 Å². The first-order valence-electron chi connectivity index (χ1n) is 9.54. The lowest BCUT2D eigenvalue weighted by Gasteiger charge is -2.41. The highest BCUT2D eigenvalue weighted by Crippen LogP contribution is 2.41. The van der Waals surface area contributed by atoms with E-state index in [4.69, 9.17) is 0 Å². The Morgan fingerprint density at radius 1 is 1.28 bits per heavy atom. The van der Waals surface area contributed by atoms with Crippen molar-refractivity contribution in [3.05, 3.63) is 24.3 Å². The summed E-state index contributed by atoms with van der Waals surface area (Å²) < 4.78 is 1.74. The highest BCUT2D eigenvalue weighted by molar-refractivity contribution is 5.80. The van der Waals surface area contributed by atoms with Gasteiger partial charge < -0.3 is 10.2 Å². The zero-order valence-corrected chi connectivity index (χ0v) is 14.9. The molecule has 6 heteroatoms. The summed E-state index contributed by atoms with van der Waals surface area (Å²) in [4.78, 5) is 15.4. The standard InChI is InChI=1S/C19H27N5O/c1-2-20-15-12-19(10-6-3-7-11-19)23(13-15)18(25)14-24-17-9-5-4-8-16(17)21-22-24/h4-5,8-9,15,20H,2-3,6-7,10-14H2,1H3/t15-/m1/s1. The minimum absolute atomic E-state index is 0.0541. The van der Waals surface area contributed by atoms with Crippen molar-refractivity contribution in [3.63, 3.8) is 0 Å². The van der Waals surface area contributed by atoms with Gasteiger partial charge in [-0.1, -0.05) is 43.5 Å². The fourth-order valence-electron chi connectivity index (χ4n) is 4.77. The second-order valence-corrected chi connectivity index (χ2v) is 7.48. The molecule has 1 amide bonds. The smallest absolute Gasteiger partial charge is 0.244 e. The molecule has 2 heterocycles. The van der Waals surface area contributed by atoms with E-state index < -0.39 is 0 Å². The highest BCUT2D eigenvalue weighted by Gasteiger charge is 2.47. The minimum atomic E-state index is 0.0541. The molecule has 0 bridgehead atoms. The number of carbonyl (C=O) groups is 1. The zero-order chi connectivity index (χ0) is 17.3. The van der Waals surface area contributed by atoms with Gasteiger partial charge in [-0.2, -0.15) is 0 Å². The van der Waals surface area contributed by atoms with Crippen molar-refractivity contribution in [3.8, 4) is 0 Å². The molecular weight excluding hydrogens is 314 g/mol. The fourth-order valence-corrected chi connectivity index (χ4v) is 4.77. The molecule has 1 aromatic heterocycles. The van der Waals surface area contributed by atoms with Crippen molar-refractivity contribution in [1.82, 2.24) is 25.2 Å². The summed E-state index contributed by atoms with van der Waals surface area (Å²) in [5, 5.41) is 11.9. The first-order chi connectivity index (χ1) is 12.2. The van der Waals surface area contributed by atoms with E-state index in [1.807, 2.05) is 24.3 Å². The molecule has 0 radical (unpaired) electrons. The van der Waals surface area contributed by atoms with Gasteiger partial charge in [0.25, 0.3) is 0 Å². The van der Waals surface area contributed by atoms with Crippen LogP contribution in [-0.4, -0.2) is 50.5 Å². The van der Waals surface area contributed by atoms with Crippen LogP contribution in [0.15, 0.2) is 24.3 Å². The van der Waals surface area contributed by atoms with Gasteiger partial charge in [0.1, 0.15) is 12.1 Å². The molecule has 4 rings (SSSR count). The van der Waals surface area contributed by atoms with E-state index in [-0.39, 0.29) is 18.0 Å². The van der Waals surface area contributed by atoms with Crippen LogP contribution in [0.3, 0.4) is 0 Å². The number of fused-ring (bicyclic) bond motifs is 1. The third kappa shape index (κ3) is 3.03. The molecule has 1 spiro atoms. The second-order valence-electron chi connectivity index (χ2n) is 7.48. The van der Waals surface area contributed by atoms with Crippen molar-refractivity contribution in [1.29, 1.82) is 0 Å². The van der Waals surface area contributed by atoms with Crippen molar-refractivity contribution in [2.45, 2.75) is 63.6 Å². The van der Waals surface area contributed by atoms with Gasteiger partial charge in [0.15, 0.2) is 0 Å². The van der Waals surface area contributed by atoms with Gasteiger partial charge >= 0.3 is 0 Å². The number of amides is 1. The van der Waals surface area contributed by atoms with Crippen molar-refractivity contribution in [2.24, 2.45) is 0 Å².